The molecule has 4 rings (SSSR count). The molecule has 0 radical (unpaired) electrons. The van der Waals surface area contributed by atoms with Crippen molar-refractivity contribution >= 4 is 17.3 Å². The first-order valence-corrected chi connectivity index (χ1v) is 11.7. The van der Waals surface area contributed by atoms with E-state index in [0.717, 1.165) is 18.7 Å². The molecule has 2 aliphatic rings. The molecule has 0 spiro atoms. The Labute approximate surface area is 194 Å². The summed E-state index contributed by atoms with van der Waals surface area (Å²) in [6.45, 7) is 7.11. The summed E-state index contributed by atoms with van der Waals surface area (Å²) in [7, 11) is 0. The van der Waals surface area contributed by atoms with Gasteiger partial charge in [0.15, 0.2) is 11.6 Å². The van der Waals surface area contributed by atoms with Gasteiger partial charge in [-0.1, -0.05) is 44.2 Å². The molecule has 0 amide bonds. The number of nitrogens with one attached hydrogen (secondary N) is 1. The van der Waals surface area contributed by atoms with Gasteiger partial charge in [0, 0.05) is 48.0 Å². The van der Waals surface area contributed by atoms with Gasteiger partial charge in [0.1, 0.15) is 0 Å². The number of nitrogens with zero attached hydrogens (tertiary/aromatic N) is 1. The van der Waals surface area contributed by atoms with Crippen LogP contribution in [0.1, 0.15) is 63.6 Å². The minimum atomic E-state index is -0.621. The lowest BCUT2D eigenvalue weighted by atomic mass is 9.77. The predicted molar refractivity (Wildman–Crippen MR) is 126 cm³/mol. The van der Waals surface area contributed by atoms with Gasteiger partial charge in [0.25, 0.3) is 0 Å². The number of carbonyl (C=O) groups excluding carboxylic acids is 2. The van der Waals surface area contributed by atoms with E-state index in [0.29, 0.717) is 47.5 Å². The zero-order valence-electron chi connectivity index (χ0n) is 19.2. The van der Waals surface area contributed by atoms with Crippen molar-refractivity contribution in [1.82, 2.24) is 4.90 Å². The lowest BCUT2D eigenvalue weighted by Gasteiger charge is -2.27. The fraction of sp³-hybridized carbons (Fsp3) is 0.462. The first kappa shape index (κ1) is 23.6. The molecule has 0 aromatic heterocycles. The monoisotopic (exact) mass is 452 g/mol. The van der Waals surface area contributed by atoms with E-state index in [9.17, 15) is 19.8 Å². The van der Waals surface area contributed by atoms with Gasteiger partial charge in [-0.05, 0) is 31.1 Å². The summed E-state index contributed by atoms with van der Waals surface area (Å²) in [5.74, 6) is -0.554. The van der Waals surface area contributed by atoms with Crippen LogP contribution in [0.2, 0.25) is 0 Å². The number of rotatable bonds is 11. The van der Waals surface area contributed by atoms with Gasteiger partial charge in [0.05, 0.1) is 24.4 Å². The molecule has 3 unspecified atom stereocenters. The maximum absolute atomic E-state index is 13.6. The summed E-state index contributed by atoms with van der Waals surface area (Å²) in [6, 6.07) is 10.6. The van der Waals surface area contributed by atoms with Crippen molar-refractivity contribution in [2.24, 2.45) is 0 Å². The highest BCUT2D eigenvalue weighted by Crippen LogP contribution is 2.41. The standard InChI is InChI=1S/C26H32N2O5/c1-3-28(4-2)14-16(30)13-27-21-10-9-18(17(11-12-29)22-15-33-22)23-24(21)26(32)20-8-6-5-7-19(20)25(23)31/h5-10,16-17,22,27,29-30H,3-4,11-15H2,1-2H3. The summed E-state index contributed by atoms with van der Waals surface area (Å²) < 4.78 is 5.51. The number of anilines is 1. The zero-order chi connectivity index (χ0) is 23.5. The summed E-state index contributed by atoms with van der Waals surface area (Å²) in [5.41, 5.74) is 2.80. The molecule has 3 atom stereocenters. The first-order chi connectivity index (χ1) is 16.0. The molecule has 2 aromatic rings. The second-order valence-electron chi connectivity index (χ2n) is 8.67. The molecule has 0 bridgehead atoms. The number of fused-ring (bicyclic) bond motifs is 2. The molecule has 1 heterocycles. The number of hydrogen-bond donors (Lipinski definition) is 3. The van der Waals surface area contributed by atoms with Gasteiger partial charge in [0.2, 0.25) is 0 Å². The van der Waals surface area contributed by atoms with Crippen LogP contribution in [-0.4, -0.2) is 78.3 Å². The molecule has 1 saturated heterocycles. The average Bonchev–Trinajstić information content (AvgIpc) is 3.68. The zero-order valence-corrected chi connectivity index (χ0v) is 19.2. The molecule has 7 heteroatoms. The van der Waals surface area contributed by atoms with E-state index in [-0.39, 0.29) is 36.7 Å². The van der Waals surface area contributed by atoms with E-state index >= 15 is 0 Å². The van der Waals surface area contributed by atoms with Crippen LogP contribution in [0.3, 0.4) is 0 Å². The normalized spacial score (nSPS) is 18.6. The number of benzene rings is 2. The highest BCUT2D eigenvalue weighted by atomic mass is 16.6. The number of aliphatic hydroxyl groups is 2. The van der Waals surface area contributed by atoms with Crippen LogP contribution in [-0.2, 0) is 4.74 Å². The second kappa shape index (κ2) is 10.1. The van der Waals surface area contributed by atoms with E-state index in [2.05, 4.69) is 10.2 Å². The van der Waals surface area contributed by atoms with Crippen LogP contribution in [0.4, 0.5) is 5.69 Å². The summed E-state index contributed by atoms with van der Waals surface area (Å²) in [4.78, 5) is 29.3. The molecule has 1 aliphatic carbocycles. The van der Waals surface area contributed by atoms with Crippen molar-refractivity contribution in [3.63, 3.8) is 0 Å². The van der Waals surface area contributed by atoms with Crippen molar-refractivity contribution in [2.45, 2.75) is 38.4 Å². The van der Waals surface area contributed by atoms with Crippen molar-refractivity contribution in [1.29, 1.82) is 0 Å². The maximum atomic E-state index is 13.6. The van der Waals surface area contributed by atoms with Crippen LogP contribution >= 0.6 is 0 Å². The fourth-order valence-electron chi connectivity index (χ4n) is 4.74. The van der Waals surface area contributed by atoms with Crippen LogP contribution in [0.15, 0.2) is 36.4 Å². The third-order valence-corrected chi connectivity index (χ3v) is 6.65. The average molecular weight is 453 g/mol. The lowest BCUT2D eigenvalue weighted by Crippen LogP contribution is -2.36. The highest BCUT2D eigenvalue weighted by molar-refractivity contribution is 6.30. The Hall–Kier alpha value is -2.58. The Bertz CT molecular complexity index is 1030. The van der Waals surface area contributed by atoms with Crippen LogP contribution in [0.5, 0.6) is 0 Å². The Balaban J connectivity index is 1.72. The molecule has 7 nitrogen and oxygen atoms in total. The van der Waals surface area contributed by atoms with Gasteiger partial charge < -0.3 is 25.2 Å². The largest absolute Gasteiger partial charge is 0.396 e. The number of hydrogen-bond acceptors (Lipinski definition) is 7. The highest BCUT2D eigenvalue weighted by Gasteiger charge is 2.40. The molecule has 1 aliphatic heterocycles. The number of likely N-dealkylation sites (N-methyl/N-ethyl adjacent to an activating group) is 1. The third-order valence-electron chi connectivity index (χ3n) is 6.65. The Morgan fingerprint density at radius 3 is 2.27 bits per heavy atom. The van der Waals surface area contributed by atoms with Gasteiger partial charge in [-0.3, -0.25) is 9.59 Å². The molecule has 2 aromatic carbocycles. The fourth-order valence-corrected chi connectivity index (χ4v) is 4.74. The molecule has 1 fully saturated rings. The molecule has 0 saturated carbocycles. The lowest BCUT2D eigenvalue weighted by molar-refractivity contribution is 0.0978. The van der Waals surface area contributed by atoms with Crippen molar-refractivity contribution in [3.05, 3.63) is 64.2 Å². The number of aliphatic hydroxyl groups excluding tert-OH is 2. The first-order valence-electron chi connectivity index (χ1n) is 11.7. The van der Waals surface area contributed by atoms with Gasteiger partial charge in [-0.15, -0.1) is 0 Å². The van der Waals surface area contributed by atoms with Gasteiger partial charge >= 0.3 is 0 Å². The van der Waals surface area contributed by atoms with Gasteiger partial charge in [-0.2, -0.15) is 0 Å². The molecule has 3 N–H and O–H groups in total. The topological polar surface area (TPSA) is 102 Å². The number of epoxide rings is 1. The quantitative estimate of drug-likeness (QED) is 0.384. The van der Waals surface area contributed by atoms with Crippen molar-refractivity contribution in [2.75, 3.05) is 44.7 Å². The SMILES string of the molecule is CCN(CC)CC(O)CNc1ccc(C(CCO)C2CO2)c2c1C(=O)c1ccccc1C2=O. The second-order valence-corrected chi connectivity index (χ2v) is 8.67. The third kappa shape index (κ3) is 4.73. The maximum Gasteiger partial charge on any atom is 0.196 e. The Kier molecular flexibility index (Phi) is 7.24. The molecule has 176 valence electrons. The van der Waals surface area contributed by atoms with E-state index in [1.165, 1.54) is 0 Å². The minimum Gasteiger partial charge on any atom is -0.396 e. The molecular formula is C26H32N2O5. The van der Waals surface area contributed by atoms with Gasteiger partial charge in [-0.25, -0.2) is 0 Å². The van der Waals surface area contributed by atoms with Crippen LogP contribution < -0.4 is 5.32 Å². The Morgan fingerprint density at radius 1 is 1.06 bits per heavy atom. The van der Waals surface area contributed by atoms with E-state index < -0.39 is 6.10 Å². The van der Waals surface area contributed by atoms with Crippen molar-refractivity contribution < 1.29 is 24.5 Å². The number of ketones is 2. The number of ether oxygens (including phenoxy) is 1. The van der Waals surface area contributed by atoms with Crippen molar-refractivity contribution in [3.8, 4) is 0 Å². The summed E-state index contributed by atoms with van der Waals surface area (Å²) in [5, 5.41) is 23.4. The molecule has 33 heavy (non-hydrogen) atoms. The minimum absolute atomic E-state index is 0.0322. The van der Waals surface area contributed by atoms with Crippen LogP contribution in [0.25, 0.3) is 0 Å². The van der Waals surface area contributed by atoms with Crippen LogP contribution in [0, 0.1) is 0 Å². The molecular weight excluding hydrogens is 420 g/mol. The van der Waals surface area contributed by atoms with E-state index in [1.54, 1.807) is 24.3 Å². The van der Waals surface area contributed by atoms with E-state index in [4.69, 9.17) is 4.74 Å². The number of carbonyl (C=O) groups is 2. The Morgan fingerprint density at radius 2 is 1.70 bits per heavy atom. The summed E-state index contributed by atoms with van der Waals surface area (Å²) in [6.07, 6.45) is -0.227. The van der Waals surface area contributed by atoms with E-state index in [1.807, 2.05) is 26.0 Å². The smallest absolute Gasteiger partial charge is 0.196 e. The summed E-state index contributed by atoms with van der Waals surface area (Å²) >= 11 is 0. The predicted octanol–water partition coefficient (Wildman–Crippen LogP) is 2.44.